The number of methoxy groups -OCH3 is 1. The van der Waals surface area contributed by atoms with Gasteiger partial charge in [0, 0.05) is 5.02 Å². The Bertz CT molecular complexity index is 474. The summed E-state index contributed by atoms with van der Waals surface area (Å²) in [5.74, 6) is -1.60. The van der Waals surface area contributed by atoms with Crippen molar-refractivity contribution >= 4 is 23.5 Å². The van der Waals surface area contributed by atoms with Crippen molar-refractivity contribution in [1.82, 2.24) is 0 Å². The number of hydrogen-bond donors (Lipinski definition) is 0. The second kappa shape index (κ2) is 6.75. The van der Waals surface area contributed by atoms with Gasteiger partial charge in [-0.25, -0.2) is 0 Å². The van der Waals surface area contributed by atoms with E-state index in [1.807, 2.05) is 0 Å². The molecule has 0 radical (unpaired) electrons. The van der Waals surface area contributed by atoms with Gasteiger partial charge in [-0.15, -0.1) is 0 Å². The molecule has 20 heavy (non-hydrogen) atoms. The van der Waals surface area contributed by atoms with Gasteiger partial charge < -0.3 is 9.47 Å². The molecule has 0 aliphatic carbocycles. The van der Waals surface area contributed by atoms with E-state index in [0.717, 1.165) is 0 Å². The van der Waals surface area contributed by atoms with Crippen molar-refractivity contribution in [2.75, 3.05) is 7.11 Å². The molecular formula is C15H19ClO4. The van der Waals surface area contributed by atoms with Gasteiger partial charge in [0.15, 0.2) is 0 Å². The van der Waals surface area contributed by atoms with Gasteiger partial charge in [-0.2, -0.15) is 0 Å². The van der Waals surface area contributed by atoms with Crippen molar-refractivity contribution in [2.24, 2.45) is 0 Å². The molecule has 1 rings (SSSR count). The van der Waals surface area contributed by atoms with Crippen LogP contribution in [0.25, 0.3) is 0 Å². The molecule has 4 nitrogen and oxygen atoms in total. The highest BCUT2D eigenvalue weighted by Crippen LogP contribution is 2.24. The summed E-state index contributed by atoms with van der Waals surface area (Å²) in [5.41, 5.74) is 0.0877. The number of hydrogen-bond acceptors (Lipinski definition) is 4. The second-order valence-electron chi connectivity index (χ2n) is 5.42. The highest BCUT2D eigenvalue weighted by atomic mass is 35.5. The van der Waals surface area contributed by atoms with Crippen molar-refractivity contribution in [2.45, 2.75) is 38.7 Å². The highest BCUT2D eigenvalue weighted by Gasteiger charge is 2.27. The fourth-order valence-corrected chi connectivity index (χ4v) is 1.85. The summed E-state index contributed by atoms with van der Waals surface area (Å²) >= 11 is 5.81. The number of carbonyl (C=O) groups is 2. The van der Waals surface area contributed by atoms with Crippen LogP contribution in [0.1, 0.15) is 38.7 Å². The Morgan fingerprint density at radius 1 is 1.20 bits per heavy atom. The van der Waals surface area contributed by atoms with Crippen LogP contribution in [0.15, 0.2) is 24.3 Å². The summed E-state index contributed by atoms with van der Waals surface area (Å²) in [6.07, 6.45) is -0.0639. The van der Waals surface area contributed by atoms with E-state index in [1.54, 1.807) is 45.0 Å². The maximum absolute atomic E-state index is 11.9. The number of esters is 2. The van der Waals surface area contributed by atoms with Crippen LogP contribution in [0.4, 0.5) is 0 Å². The quantitative estimate of drug-likeness (QED) is 0.800. The summed E-state index contributed by atoms with van der Waals surface area (Å²) in [7, 11) is 1.29. The van der Waals surface area contributed by atoms with Crippen LogP contribution in [0.3, 0.4) is 0 Å². The van der Waals surface area contributed by atoms with Crippen LogP contribution in [0.5, 0.6) is 0 Å². The predicted octanol–water partition coefficient (Wildman–Crippen LogP) is 3.33. The van der Waals surface area contributed by atoms with Crippen molar-refractivity contribution < 1.29 is 19.1 Å². The SMILES string of the molecule is COC(=O)C(CC(=O)OC(C)(C)C)c1ccc(Cl)cc1. The van der Waals surface area contributed by atoms with Crippen molar-refractivity contribution in [3.8, 4) is 0 Å². The molecule has 5 heteroatoms. The Balaban J connectivity index is 2.88. The molecular weight excluding hydrogens is 280 g/mol. The van der Waals surface area contributed by atoms with E-state index in [9.17, 15) is 9.59 Å². The molecule has 0 bridgehead atoms. The van der Waals surface area contributed by atoms with Gasteiger partial charge >= 0.3 is 11.9 Å². The lowest BCUT2D eigenvalue weighted by Crippen LogP contribution is -2.27. The van der Waals surface area contributed by atoms with E-state index in [1.165, 1.54) is 7.11 Å². The van der Waals surface area contributed by atoms with Crippen LogP contribution in [0, 0.1) is 0 Å². The third-order valence-corrected chi connectivity index (χ3v) is 2.80. The zero-order chi connectivity index (χ0) is 15.3. The topological polar surface area (TPSA) is 52.6 Å². The molecule has 0 aliphatic rings. The lowest BCUT2D eigenvalue weighted by molar-refractivity contribution is -0.158. The lowest BCUT2D eigenvalue weighted by Gasteiger charge is -2.21. The van der Waals surface area contributed by atoms with Crippen LogP contribution >= 0.6 is 11.6 Å². The Labute approximate surface area is 124 Å². The zero-order valence-electron chi connectivity index (χ0n) is 12.1. The van der Waals surface area contributed by atoms with Crippen molar-refractivity contribution in [3.05, 3.63) is 34.9 Å². The van der Waals surface area contributed by atoms with Gasteiger partial charge in [-0.3, -0.25) is 9.59 Å². The minimum atomic E-state index is -0.688. The number of ether oxygens (including phenoxy) is 2. The van der Waals surface area contributed by atoms with Crippen LogP contribution in [-0.4, -0.2) is 24.6 Å². The fourth-order valence-electron chi connectivity index (χ4n) is 1.72. The minimum Gasteiger partial charge on any atom is -0.469 e. The van der Waals surface area contributed by atoms with Crippen LogP contribution in [0.2, 0.25) is 5.02 Å². The minimum absolute atomic E-state index is 0.0639. The second-order valence-corrected chi connectivity index (χ2v) is 5.85. The normalized spacial score (nSPS) is 12.7. The summed E-state index contributed by atoms with van der Waals surface area (Å²) in [4.78, 5) is 23.7. The first kappa shape index (κ1) is 16.5. The fraction of sp³-hybridized carbons (Fsp3) is 0.467. The average Bonchev–Trinajstić information content (AvgIpc) is 2.34. The molecule has 0 aliphatic heterocycles. The van der Waals surface area contributed by atoms with Crippen molar-refractivity contribution in [1.29, 1.82) is 0 Å². The first-order valence-electron chi connectivity index (χ1n) is 6.28. The van der Waals surface area contributed by atoms with Crippen LogP contribution < -0.4 is 0 Å². The maximum Gasteiger partial charge on any atom is 0.313 e. The highest BCUT2D eigenvalue weighted by molar-refractivity contribution is 6.30. The van der Waals surface area contributed by atoms with E-state index in [-0.39, 0.29) is 6.42 Å². The first-order valence-corrected chi connectivity index (χ1v) is 6.66. The largest absolute Gasteiger partial charge is 0.469 e. The Kier molecular flexibility index (Phi) is 5.57. The maximum atomic E-state index is 11.9. The predicted molar refractivity (Wildman–Crippen MR) is 76.7 cm³/mol. The van der Waals surface area contributed by atoms with Gasteiger partial charge in [0.1, 0.15) is 5.60 Å². The molecule has 0 heterocycles. The molecule has 1 unspecified atom stereocenters. The Morgan fingerprint density at radius 3 is 2.20 bits per heavy atom. The molecule has 0 spiro atoms. The zero-order valence-corrected chi connectivity index (χ0v) is 12.9. The number of benzene rings is 1. The lowest BCUT2D eigenvalue weighted by atomic mass is 9.96. The molecule has 0 fully saturated rings. The molecule has 1 aromatic carbocycles. The molecule has 0 N–H and O–H groups in total. The van der Waals surface area contributed by atoms with Crippen LogP contribution in [-0.2, 0) is 19.1 Å². The van der Waals surface area contributed by atoms with E-state index in [0.29, 0.717) is 10.6 Å². The van der Waals surface area contributed by atoms with E-state index < -0.39 is 23.5 Å². The van der Waals surface area contributed by atoms with E-state index in [4.69, 9.17) is 21.1 Å². The average molecular weight is 299 g/mol. The first-order chi connectivity index (χ1) is 9.23. The van der Waals surface area contributed by atoms with Gasteiger partial charge in [-0.1, -0.05) is 23.7 Å². The van der Waals surface area contributed by atoms with Gasteiger partial charge in [-0.05, 0) is 38.5 Å². The third kappa shape index (κ3) is 5.21. The summed E-state index contributed by atoms with van der Waals surface area (Å²) in [5, 5.41) is 0.564. The number of halogens is 1. The van der Waals surface area contributed by atoms with E-state index in [2.05, 4.69) is 0 Å². The van der Waals surface area contributed by atoms with Gasteiger partial charge in [0.05, 0.1) is 19.4 Å². The van der Waals surface area contributed by atoms with Gasteiger partial charge in [0.25, 0.3) is 0 Å². The standard InChI is InChI=1S/C15H19ClO4/c1-15(2,3)20-13(17)9-12(14(18)19-4)10-5-7-11(16)8-6-10/h5-8,12H,9H2,1-4H3. The Hall–Kier alpha value is -1.55. The summed E-state index contributed by atoms with van der Waals surface area (Å²) in [6.45, 7) is 5.33. The smallest absolute Gasteiger partial charge is 0.313 e. The monoisotopic (exact) mass is 298 g/mol. The molecule has 0 saturated heterocycles. The molecule has 110 valence electrons. The molecule has 1 atom stereocenters. The Morgan fingerprint density at radius 2 is 1.75 bits per heavy atom. The number of rotatable bonds is 4. The summed E-state index contributed by atoms with van der Waals surface area (Å²) < 4.78 is 9.98. The summed E-state index contributed by atoms with van der Waals surface area (Å²) in [6, 6.07) is 6.74. The third-order valence-electron chi connectivity index (χ3n) is 2.55. The molecule has 0 amide bonds. The molecule has 0 saturated carbocycles. The van der Waals surface area contributed by atoms with Crippen molar-refractivity contribution in [3.63, 3.8) is 0 Å². The molecule has 0 aromatic heterocycles. The van der Waals surface area contributed by atoms with E-state index >= 15 is 0 Å². The molecule has 1 aromatic rings. The van der Waals surface area contributed by atoms with Gasteiger partial charge in [0.2, 0.25) is 0 Å². The number of carbonyl (C=O) groups excluding carboxylic acids is 2.